The monoisotopic (exact) mass is 291 g/mol. The fourth-order valence-electron chi connectivity index (χ4n) is 3.06. The van der Waals surface area contributed by atoms with Gasteiger partial charge in [-0.3, -0.25) is 0 Å². The van der Waals surface area contributed by atoms with Crippen molar-refractivity contribution in [2.45, 2.75) is 38.0 Å². The molecule has 1 aliphatic carbocycles. The number of halogens is 2. The molecule has 1 heterocycles. The van der Waals surface area contributed by atoms with E-state index < -0.39 is 17.6 Å². The Bertz CT molecular complexity index is 709. The Kier molecular flexibility index (Phi) is 3.57. The predicted octanol–water partition coefficient (Wildman–Crippen LogP) is 4.26. The fourth-order valence-corrected chi connectivity index (χ4v) is 3.06. The lowest BCUT2D eigenvalue weighted by Crippen LogP contribution is -2.10. The second kappa shape index (κ2) is 5.39. The second-order valence-electron chi connectivity index (χ2n) is 5.52. The quantitative estimate of drug-likeness (QED) is 0.899. The number of aromatic nitrogens is 1. The Labute approximate surface area is 120 Å². The highest BCUT2D eigenvalue weighted by Crippen LogP contribution is 2.34. The Hall–Kier alpha value is -2.04. The number of carboxylic acids is 1. The van der Waals surface area contributed by atoms with Gasteiger partial charge in [-0.15, -0.1) is 0 Å². The first-order valence-electron chi connectivity index (χ1n) is 7.09. The van der Waals surface area contributed by atoms with Gasteiger partial charge in [-0.1, -0.05) is 19.3 Å². The number of nitrogens with zero attached hydrogens (tertiary/aromatic N) is 1. The van der Waals surface area contributed by atoms with E-state index in [2.05, 4.69) is 4.98 Å². The molecule has 1 aromatic heterocycles. The molecule has 0 spiro atoms. The van der Waals surface area contributed by atoms with Crippen molar-refractivity contribution in [2.75, 3.05) is 0 Å². The average Bonchev–Trinajstić information content (AvgIpc) is 2.47. The molecule has 3 rings (SSSR count). The van der Waals surface area contributed by atoms with Crippen LogP contribution in [0.15, 0.2) is 18.2 Å². The molecule has 0 amide bonds. The molecule has 110 valence electrons. The number of carboxylic acid groups (broad SMARTS) is 1. The zero-order chi connectivity index (χ0) is 15.0. The highest BCUT2D eigenvalue weighted by atomic mass is 19.1. The van der Waals surface area contributed by atoms with Crippen molar-refractivity contribution in [3.8, 4) is 0 Å². The molecule has 1 aliphatic rings. The number of aromatic carboxylic acids is 1. The van der Waals surface area contributed by atoms with Crippen molar-refractivity contribution >= 4 is 16.9 Å². The van der Waals surface area contributed by atoms with E-state index >= 15 is 0 Å². The van der Waals surface area contributed by atoms with Crippen LogP contribution in [0.5, 0.6) is 0 Å². The van der Waals surface area contributed by atoms with Gasteiger partial charge in [-0.2, -0.15) is 0 Å². The van der Waals surface area contributed by atoms with Crippen LogP contribution in [-0.4, -0.2) is 16.1 Å². The lowest BCUT2D eigenvalue weighted by atomic mass is 9.86. The van der Waals surface area contributed by atoms with Gasteiger partial charge in [0.05, 0.1) is 5.56 Å². The van der Waals surface area contributed by atoms with E-state index in [9.17, 15) is 18.7 Å². The first-order valence-corrected chi connectivity index (χ1v) is 7.09. The van der Waals surface area contributed by atoms with Gasteiger partial charge < -0.3 is 5.11 Å². The number of benzene rings is 1. The number of rotatable bonds is 2. The summed E-state index contributed by atoms with van der Waals surface area (Å²) in [6, 6.07) is 3.24. The van der Waals surface area contributed by atoms with E-state index in [0.717, 1.165) is 44.2 Å². The summed E-state index contributed by atoms with van der Waals surface area (Å²) in [6.07, 6.45) is 5.16. The lowest BCUT2D eigenvalue weighted by molar-refractivity contribution is 0.0698. The predicted molar refractivity (Wildman–Crippen MR) is 74.4 cm³/mol. The fraction of sp³-hybridized carbons (Fsp3) is 0.375. The first kappa shape index (κ1) is 13.9. The van der Waals surface area contributed by atoms with E-state index in [4.69, 9.17) is 0 Å². The maximum Gasteiger partial charge on any atom is 0.336 e. The molecule has 0 radical (unpaired) electrons. The molecule has 0 saturated heterocycles. The summed E-state index contributed by atoms with van der Waals surface area (Å²) in [7, 11) is 0. The molecule has 0 atom stereocenters. The van der Waals surface area contributed by atoms with Crippen LogP contribution in [0.2, 0.25) is 0 Å². The van der Waals surface area contributed by atoms with Gasteiger partial charge in [0, 0.05) is 23.1 Å². The van der Waals surface area contributed by atoms with Crippen molar-refractivity contribution in [1.82, 2.24) is 4.98 Å². The number of carbonyl (C=O) groups is 1. The van der Waals surface area contributed by atoms with Crippen molar-refractivity contribution < 1.29 is 18.7 Å². The molecule has 0 aliphatic heterocycles. The molecular weight excluding hydrogens is 276 g/mol. The van der Waals surface area contributed by atoms with Gasteiger partial charge in [-0.25, -0.2) is 18.6 Å². The van der Waals surface area contributed by atoms with Crippen molar-refractivity contribution in [3.63, 3.8) is 0 Å². The Morgan fingerprint density at radius 3 is 2.52 bits per heavy atom. The maximum absolute atomic E-state index is 13.9. The maximum atomic E-state index is 13.9. The van der Waals surface area contributed by atoms with Gasteiger partial charge in [0.2, 0.25) is 0 Å². The highest BCUT2D eigenvalue weighted by Gasteiger charge is 2.22. The molecule has 1 fully saturated rings. The van der Waals surface area contributed by atoms with Crippen LogP contribution in [0.4, 0.5) is 8.78 Å². The Morgan fingerprint density at radius 2 is 1.86 bits per heavy atom. The van der Waals surface area contributed by atoms with Gasteiger partial charge in [0.1, 0.15) is 11.3 Å². The minimum absolute atomic E-state index is 0.0135. The van der Waals surface area contributed by atoms with Crippen LogP contribution in [0.1, 0.15) is 54.1 Å². The number of pyridine rings is 1. The summed E-state index contributed by atoms with van der Waals surface area (Å²) in [6.45, 7) is 0. The van der Waals surface area contributed by atoms with Gasteiger partial charge >= 0.3 is 5.97 Å². The standard InChI is InChI=1S/C16H15F2NO2/c17-10-6-11-12(16(20)21)8-14(9-4-2-1-3-5-9)19-15(11)13(18)7-10/h6-9H,1-5H2,(H,20,21). The first-order chi connectivity index (χ1) is 10.1. The molecule has 1 N–H and O–H groups in total. The average molecular weight is 291 g/mol. The Balaban J connectivity index is 2.21. The van der Waals surface area contributed by atoms with E-state index in [-0.39, 0.29) is 22.4 Å². The minimum Gasteiger partial charge on any atom is -0.478 e. The third-order valence-corrected chi connectivity index (χ3v) is 4.11. The lowest BCUT2D eigenvalue weighted by Gasteiger charge is -2.22. The third kappa shape index (κ3) is 2.60. The van der Waals surface area contributed by atoms with Crippen LogP contribution in [-0.2, 0) is 0 Å². The number of hydrogen-bond donors (Lipinski definition) is 1. The molecule has 3 nitrogen and oxygen atoms in total. The van der Waals surface area contributed by atoms with Crippen LogP contribution in [0.25, 0.3) is 10.9 Å². The minimum atomic E-state index is -1.19. The van der Waals surface area contributed by atoms with Crippen LogP contribution >= 0.6 is 0 Å². The van der Waals surface area contributed by atoms with Crippen LogP contribution in [0.3, 0.4) is 0 Å². The Morgan fingerprint density at radius 1 is 1.14 bits per heavy atom. The third-order valence-electron chi connectivity index (χ3n) is 4.11. The molecule has 0 bridgehead atoms. The number of hydrogen-bond acceptors (Lipinski definition) is 2. The summed E-state index contributed by atoms with van der Waals surface area (Å²) < 4.78 is 27.3. The molecule has 1 saturated carbocycles. The van der Waals surface area contributed by atoms with Gasteiger partial charge in [-0.05, 0) is 25.0 Å². The van der Waals surface area contributed by atoms with Crippen LogP contribution < -0.4 is 0 Å². The smallest absolute Gasteiger partial charge is 0.336 e. The van der Waals surface area contributed by atoms with E-state index in [1.165, 1.54) is 6.07 Å². The summed E-state index contributed by atoms with van der Waals surface area (Å²) >= 11 is 0. The SMILES string of the molecule is O=C(O)c1cc(C2CCCCC2)nc2c(F)cc(F)cc12. The summed E-state index contributed by atoms with van der Waals surface area (Å²) in [4.78, 5) is 15.7. The summed E-state index contributed by atoms with van der Waals surface area (Å²) in [5.41, 5.74) is 0.459. The van der Waals surface area contributed by atoms with Gasteiger partial charge in [0.15, 0.2) is 5.82 Å². The largest absolute Gasteiger partial charge is 0.478 e. The summed E-state index contributed by atoms with van der Waals surface area (Å²) in [5.74, 6) is -2.64. The van der Waals surface area contributed by atoms with Crippen molar-refractivity contribution in [2.24, 2.45) is 0 Å². The van der Waals surface area contributed by atoms with E-state index in [1.54, 1.807) is 0 Å². The molecular formula is C16H15F2NO2. The van der Waals surface area contributed by atoms with E-state index in [1.807, 2.05) is 0 Å². The van der Waals surface area contributed by atoms with Gasteiger partial charge in [0.25, 0.3) is 0 Å². The molecule has 2 aromatic rings. The molecule has 5 heteroatoms. The van der Waals surface area contributed by atoms with Crippen molar-refractivity contribution in [3.05, 3.63) is 41.1 Å². The molecule has 0 unspecified atom stereocenters. The van der Waals surface area contributed by atoms with Crippen molar-refractivity contribution in [1.29, 1.82) is 0 Å². The molecule has 21 heavy (non-hydrogen) atoms. The second-order valence-corrected chi connectivity index (χ2v) is 5.52. The zero-order valence-corrected chi connectivity index (χ0v) is 11.4. The number of fused-ring (bicyclic) bond motifs is 1. The highest BCUT2D eigenvalue weighted by molar-refractivity contribution is 6.02. The molecule has 1 aromatic carbocycles. The topological polar surface area (TPSA) is 50.2 Å². The van der Waals surface area contributed by atoms with Crippen LogP contribution in [0, 0.1) is 11.6 Å². The van der Waals surface area contributed by atoms with E-state index in [0.29, 0.717) is 5.69 Å². The normalized spacial score (nSPS) is 16.3. The zero-order valence-electron chi connectivity index (χ0n) is 11.4. The summed E-state index contributed by atoms with van der Waals surface area (Å²) in [5, 5.41) is 9.33.